The summed E-state index contributed by atoms with van der Waals surface area (Å²) in [5.74, 6) is -2.11. The maximum absolute atomic E-state index is 11.6. The van der Waals surface area contributed by atoms with E-state index in [1.165, 1.54) is 19.2 Å². The molecule has 0 saturated carbocycles. The predicted molar refractivity (Wildman–Crippen MR) is 79.2 cm³/mol. The van der Waals surface area contributed by atoms with Crippen molar-refractivity contribution in [3.05, 3.63) is 29.3 Å². The molecule has 0 spiro atoms. The van der Waals surface area contributed by atoms with Crippen LogP contribution < -0.4 is 10.5 Å². The molecule has 132 valence electrons. The molecular formula is C15H19NO8. The molecule has 2 rings (SSSR count). The summed E-state index contributed by atoms with van der Waals surface area (Å²) in [4.78, 5) is 22.6. The van der Waals surface area contributed by atoms with E-state index in [0.29, 0.717) is 5.56 Å². The zero-order chi connectivity index (χ0) is 17.9. The van der Waals surface area contributed by atoms with Gasteiger partial charge in [0.2, 0.25) is 6.29 Å². The van der Waals surface area contributed by atoms with Gasteiger partial charge in [-0.2, -0.15) is 0 Å². The lowest BCUT2D eigenvalue weighted by Crippen LogP contribution is -2.52. The first-order valence-corrected chi connectivity index (χ1v) is 7.16. The molecule has 1 aliphatic heterocycles. The molecule has 1 aliphatic rings. The van der Waals surface area contributed by atoms with Crippen LogP contribution in [0.3, 0.4) is 0 Å². The van der Waals surface area contributed by atoms with Crippen molar-refractivity contribution in [2.24, 2.45) is 5.73 Å². The first-order chi connectivity index (χ1) is 11.3. The Kier molecular flexibility index (Phi) is 5.73. The van der Waals surface area contributed by atoms with E-state index in [1.807, 2.05) is 0 Å². The number of aliphatic hydroxyl groups is 2. The van der Waals surface area contributed by atoms with E-state index in [4.69, 9.17) is 25.1 Å². The molecule has 9 heteroatoms. The summed E-state index contributed by atoms with van der Waals surface area (Å²) < 4.78 is 15.5. The number of carbonyl (C=O) groups excluding carboxylic acids is 1. The van der Waals surface area contributed by atoms with Gasteiger partial charge in [-0.05, 0) is 17.7 Å². The fraction of sp³-hybridized carbons (Fsp3) is 0.467. The van der Waals surface area contributed by atoms with Gasteiger partial charge in [-0.1, -0.05) is 6.07 Å². The SMILES string of the molecule is COCc1ccc(O[C@@H]2O[C@H](C(=O)O)[C@@H](O)C[C@H]2O)c(C(N)=O)c1. The minimum Gasteiger partial charge on any atom is -0.479 e. The molecule has 1 aromatic carbocycles. The van der Waals surface area contributed by atoms with E-state index in [9.17, 15) is 19.8 Å². The lowest BCUT2D eigenvalue weighted by Gasteiger charge is -2.35. The van der Waals surface area contributed by atoms with Gasteiger partial charge in [-0.15, -0.1) is 0 Å². The Morgan fingerprint density at radius 1 is 1.33 bits per heavy atom. The number of carbonyl (C=O) groups is 2. The van der Waals surface area contributed by atoms with Gasteiger partial charge in [-0.3, -0.25) is 4.79 Å². The van der Waals surface area contributed by atoms with Gasteiger partial charge in [0.1, 0.15) is 11.9 Å². The monoisotopic (exact) mass is 341 g/mol. The Bertz CT molecular complexity index is 619. The maximum atomic E-state index is 11.6. The Hall–Kier alpha value is -2.20. The second-order valence-electron chi connectivity index (χ2n) is 5.38. The quantitative estimate of drug-likeness (QED) is 0.527. The van der Waals surface area contributed by atoms with Crippen molar-refractivity contribution in [1.82, 2.24) is 0 Å². The van der Waals surface area contributed by atoms with Crippen LogP contribution in [0.25, 0.3) is 0 Å². The Labute approximate surface area is 137 Å². The lowest BCUT2D eigenvalue weighted by molar-refractivity contribution is -0.237. The highest BCUT2D eigenvalue weighted by Gasteiger charge is 2.41. The van der Waals surface area contributed by atoms with Crippen LogP contribution in [-0.4, -0.2) is 58.9 Å². The van der Waals surface area contributed by atoms with Crippen molar-refractivity contribution in [3.8, 4) is 5.75 Å². The molecule has 1 saturated heterocycles. The summed E-state index contributed by atoms with van der Waals surface area (Å²) in [6.07, 6.45) is -5.77. The van der Waals surface area contributed by atoms with Crippen LogP contribution in [0.15, 0.2) is 18.2 Å². The van der Waals surface area contributed by atoms with Crippen LogP contribution in [0.5, 0.6) is 5.75 Å². The zero-order valence-electron chi connectivity index (χ0n) is 12.9. The van der Waals surface area contributed by atoms with Crippen LogP contribution in [0.2, 0.25) is 0 Å². The second kappa shape index (κ2) is 7.58. The van der Waals surface area contributed by atoms with Crippen LogP contribution >= 0.6 is 0 Å². The van der Waals surface area contributed by atoms with Gasteiger partial charge in [0, 0.05) is 13.5 Å². The van der Waals surface area contributed by atoms with E-state index < -0.39 is 36.5 Å². The van der Waals surface area contributed by atoms with E-state index in [1.54, 1.807) is 6.07 Å². The van der Waals surface area contributed by atoms with E-state index in [-0.39, 0.29) is 24.3 Å². The molecule has 24 heavy (non-hydrogen) atoms. The Morgan fingerprint density at radius 3 is 2.62 bits per heavy atom. The summed E-state index contributed by atoms with van der Waals surface area (Å²) in [6, 6.07) is 4.55. The van der Waals surface area contributed by atoms with Crippen LogP contribution in [0, 0.1) is 0 Å². The molecule has 5 N–H and O–H groups in total. The number of ether oxygens (including phenoxy) is 3. The molecule has 1 heterocycles. The summed E-state index contributed by atoms with van der Waals surface area (Å²) in [5.41, 5.74) is 6.04. The van der Waals surface area contributed by atoms with Gasteiger partial charge in [0.05, 0.1) is 18.3 Å². The topological polar surface area (TPSA) is 149 Å². The van der Waals surface area contributed by atoms with Crippen LogP contribution in [0.1, 0.15) is 22.3 Å². The van der Waals surface area contributed by atoms with Crippen molar-refractivity contribution < 1.29 is 39.1 Å². The summed E-state index contributed by atoms with van der Waals surface area (Å²) in [5, 5.41) is 28.6. The van der Waals surface area contributed by atoms with Crippen molar-refractivity contribution in [2.75, 3.05) is 7.11 Å². The first-order valence-electron chi connectivity index (χ1n) is 7.16. The number of aliphatic hydroxyl groups excluding tert-OH is 2. The number of primary amides is 1. The van der Waals surface area contributed by atoms with Crippen molar-refractivity contribution in [1.29, 1.82) is 0 Å². The first kappa shape index (κ1) is 18.1. The standard InChI is InChI=1S/C15H19NO8/c1-22-6-7-2-3-11(8(4-7)13(16)19)23-15-10(18)5-9(17)12(24-15)14(20)21/h2-4,9-10,12,15,17-18H,5-6H2,1H3,(H2,16,19)(H,20,21)/t9-,10+,12-,15+/m0/s1. The fourth-order valence-corrected chi connectivity index (χ4v) is 2.39. The molecule has 0 radical (unpaired) electrons. The third-order valence-corrected chi connectivity index (χ3v) is 3.53. The van der Waals surface area contributed by atoms with Crippen molar-refractivity contribution in [3.63, 3.8) is 0 Å². The van der Waals surface area contributed by atoms with Crippen molar-refractivity contribution in [2.45, 2.75) is 37.6 Å². The molecule has 1 aromatic rings. The molecule has 1 fully saturated rings. The summed E-state index contributed by atoms with van der Waals surface area (Å²) in [7, 11) is 1.50. The second-order valence-corrected chi connectivity index (χ2v) is 5.38. The average molecular weight is 341 g/mol. The van der Waals surface area contributed by atoms with E-state index >= 15 is 0 Å². The van der Waals surface area contributed by atoms with Crippen molar-refractivity contribution >= 4 is 11.9 Å². The van der Waals surface area contributed by atoms with Gasteiger partial charge < -0.3 is 35.3 Å². The molecule has 4 atom stereocenters. The lowest BCUT2D eigenvalue weighted by atomic mass is 10.0. The summed E-state index contributed by atoms with van der Waals surface area (Å²) in [6.45, 7) is 0.260. The number of amides is 1. The minimum atomic E-state index is -1.54. The van der Waals surface area contributed by atoms with Crippen LogP contribution in [-0.2, 0) is 20.9 Å². The average Bonchev–Trinajstić information content (AvgIpc) is 2.50. The number of aliphatic carboxylic acids is 1. The zero-order valence-corrected chi connectivity index (χ0v) is 12.9. The number of hydrogen-bond acceptors (Lipinski definition) is 7. The number of carboxylic acid groups (broad SMARTS) is 1. The van der Waals surface area contributed by atoms with E-state index in [0.717, 1.165) is 0 Å². The number of hydrogen-bond donors (Lipinski definition) is 4. The minimum absolute atomic E-state index is 0.0342. The number of nitrogens with two attached hydrogens (primary N) is 1. The highest BCUT2D eigenvalue weighted by atomic mass is 16.7. The molecule has 0 unspecified atom stereocenters. The fourth-order valence-electron chi connectivity index (χ4n) is 2.39. The number of rotatable bonds is 6. The smallest absolute Gasteiger partial charge is 0.335 e. The number of carboxylic acids is 1. The molecule has 1 amide bonds. The van der Waals surface area contributed by atoms with E-state index in [2.05, 4.69) is 0 Å². The maximum Gasteiger partial charge on any atom is 0.335 e. The third kappa shape index (κ3) is 4.01. The van der Waals surface area contributed by atoms with Gasteiger partial charge >= 0.3 is 5.97 Å². The van der Waals surface area contributed by atoms with Gasteiger partial charge in [0.15, 0.2) is 6.10 Å². The highest BCUT2D eigenvalue weighted by Crippen LogP contribution is 2.27. The number of methoxy groups -OCH3 is 1. The molecule has 9 nitrogen and oxygen atoms in total. The van der Waals surface area contributed by atoms with Gasteiger partial charge in [-0.25, -0.2) is 4.79 Å². The van der Waals surface area contributed by atoms with Crippen LogP contribution in [0.4, 0.5) is 0 Å². The number of benzene rings is 1. The molecule has 0 aliphatic carbocycles. The third-order valence-electron chi connectivity index (χ3n) is 3.53. The molecular weight excluding hydrogens is 322 g/mol. The van der Waals surface area contributed by atoms with Gasteiger partial charge in [0.25, 0.3) is 5.91 Å². The Morgan fingerprint density at radius 2 is 2.04 bits per heavy atom. The predicted octanol–water partition coefficient (Wildman–Crippen LogP) is -0.768. The largest absolute Gasteiger partial charge is 0.479 e. The highest BCUT2D eigenvalue weighted by molar-refractivity contribution is 5.95. The summed E-state index contributed by atoms with van der Waals surface area (Å²) >= 11 is 0. The molecule has 0 bridgehead atoms. The normalized spacial score (nSPS) is 26.8. The molecule has 0 aromatic heterocycles. The Balaban J connectivity index is 2.22.